The van der Waals surface area contributed by atoms with Crippen molar-refractivity contribution in [2.75, 3.05) is 20.3 Å². The van der Waals surface area contributed by atoms with Crippen molar-refractivity contribution in [3.8, 4) is 5.75 Å². The van der Waals surface area contributed by atoms with E-state index in [9.17, 15) is 0 Å². The van der Waals surface area contributed by atoms with Gasteiger partial charge < -0.3 is 15.2 Å². The van der Waals surface area contributed by atoms with Crippen LogP contribution < -0.4 is 10.5 Å². The van der Waals surface area contributed by atoms with E-state index < -0.39 is 0 Å². The van der Waals surface area contributed by atoms with E-state index >= 15 is 0 Å². The van der Waals surface area contributed by atoms with Gasteiger partial charge in [0.2, 0.25) is 0 Å². The summed E-state index contributed by atoms with van der Waals surface area (Å²) in [5.74, 6) is 1.46. The number of nitrogens with two attached hydrogens (primary N) is 1. The van der Waals surface area contributed by atoms with E-state index in [-0.39, 0.29) is 6.04 Å². The van der Waals surface area contributed by atoms with Crippen molar-refractivity contribution in [3.63, 3.8) is 0 Å². The summed E-state index contributed by atoms with van der Waals surface area (Å²) in [7, 11) is 1.69. The highest BCUT2D eigenvalue weighted by molar-refractivity contribution is 5.37. The third-order valence-electron chi connectivity index (χ3n) is 3.58. The molecule has 0 amide bonds. The number of rotatable bonds is 3. The van der Waals surface area contributed by atoms with Crippen molar-refractivity contribution in [2.24, 2.45) is 11.7 Å². The first-order valence-corrected chi connectivity index (χ1v) is 6.20. The second-order valence-electron chi connectivity index (χ2n) is 4.70. The minimum absolute atomic E-state index is 0.114. The fourth-order valence-electron chi connectivity index (χ4n) is 2.46. The molecule has 3 nitrogen and oxygen atoms in total. The number of ether oxygens (including phenoxy) is 2. The molecule has 1 fully saturated rings. The zero-order valence-electron chi connectivity index (χ0n) is 10.6. The van der Waals surface area contributed by atoms with Crippen LogP contribution in [-0.4, -0.2) is 20.3 Å². The molecule has 17 heavy (non-hydrogen) atoms. The molecule has 0 spiro atoms. The molecule has 1 unspecified atom stereocenters. The Bertz CT molecular complexity index is 372. The topological polar surface area (TPSA) is 44.5 Å². The van der Waals surface area contributed by atoms with Crippen molar-refractivity contribution in [1.82, 2.24) is 0 Å². The van der Waals surface area contributed by atoms with E-state index in [0.717, 1.165) is 37.4 Å². The van der Waals surface area contributed by atoms with Crippen molar-refractivity contribution in [2.45, 2.75) is 25.8 Å². The molecule has 1 aliphatic rings. The highest BCUT2D eigenvalue weighted by Crippen LogP contribution is 2.30. The molecule has 94 valence electrons. The summed E-state index contributed by atoms with van der Waals surface area (Å²) < 4.78 is 10.6. The number of hydrogen-bond acceptors (Lipinski definition) is 3. The van der Waals surface area contributed by atoms with Gasteiger partial charge in [-0.15, -0.1) is 0 Å². The van der Waals surface area contributed by atoms with Crippen LogP contribution in [0.2, 0.25) is 0 Å². The van der Waals surface area contributed by atoms with Crippen LogP contribution in [0.1, 0.15) is 30.0 Å². The Morgan fingerprint density at radius 1 is 1.35 bits per heavy atom. The predicted molar refractivity (Wildman–Crippen MR) is 68.2 cm³/mol. The van der Waals surface area contributed by atoms with Crippen LogP contribution in [0.15, 0.2) is 18.2 Å². The second-order valence-corrected chi connectivity index (χ2v) is 4.70. The summed E-state index contributed by atoms with van der Waals surface area (Å²) in [5, 5.41) is 0. The summed E-state index contributed by atoms with van der Waals surface area (Å²) >= 11 is 0. The maximum Gasteiger partial charge on any atom is 0.121 e. The highest BCUT2D eigenvalue weighted by atomic mass is 16.5. The molecule has 1 atom stereocenters. The first kappa shape index (κ1) is 12.4. The van der Waals surface area contributed by atoms with Crippen LogP contribution >= 0.6 is 0 Å². The van der Waals surface area contributed by atoms with Gasteiger partial charge >= 0.3 is 0 Å². The van der Waals surface area contributed by atoms with E-state index in [1.54, 1.807) is 7.11 Å². The molecule has 1 aliphatic heterocycles. The molecule has 1 aromatic rings. The Morgan fingerprint density at radius 2 is 2.06 bits per heavy atom. The van der Waals surface area contributed by atoms with Crippen LogP contribution in [0, 0.1) is 12.8 Å². The lowest BCUT2D eigenvalue weighted by Crippen LogP contribution is -2.27. The van der Waals surface area contributed by atoms with E-state index in [1.165, 1.54) is 5.56 Å². The number of hydrogen-bond donors (Lipinski definition) is 1. The van der Waals surface area contributed by atoms with Gasteiger partial charge in [0.05, 0.1) is 7.11 Å². The number of methoxy groups -OCH3 is 1. The molecule has 2 rings (SSSR count). The molecule has 0 aromatic heterocycles. The van der Waals surface area contributed by atoms with Gasteiger partial charge in [0, 0.05) is 19.3 Å². The van der Waals surface area contributed by atoms with E-state index in [0.29, 0.717) is 5.92 Å². The van der Waals surface area contributed by atoms with Crippen molar-refractivity contribution >= 4 is 0 Å². The largest absolute Gasteiger partial charge is 0.496 e. The minimum atomic E-state index is 0.114. The van der Waals surface area contributed by atoms with Crippen LogP contribution in [0.25, 0.3) is 0 Å². The summed E-state index contributed by atoms with van der Waals surface area (Å²) in [4.78, 5) is 0. The van der Waals surface area contributed by atoms with Crippen LogP contribution in [-0.2, 0) is 4.74 Å². The second kappa shape index (κ2) is 5.52. The third kappa shape index (κ3) is 2.79. The van der Waals surface area contributed by atoms with Crippen molar-refractivity contribution in [3.05, 3.63) is 29.3 Å². The molecule has 1 aromatic carbocycles. The Kier molecular flexibility index (Phi) is 4.02. The lowest BCUT2D eigenvalue weighted by molar-refractivity contribution is 0.0583. The SMILES string of the molecule is COc1ccc(C(N)C2CCOCC2)cc1C. The van der Waals surface area contributed by atoms with E-state index in [2.05, 4.69) is 19.1 Å². The monoisotopic (exact) mass is 235 g/mol. The summed E-state index contributed by atoms with van der Waals surface area (Å²) in [6, 6.07) is 6.33. The molecular formula is C14H21NO2. The Labute approximate surface area is 103 Å². The summed E-state index contributed by atoms with van der Waals surface area (Å²) in [6.07, 6.45) is 2.12. The fourth-order valence-corrected chi connectivity index (χ4v) is 2.46. The quantitative estimate of drug-likeness (QED) is 0.875. The Balaban J connectivity index is 2.12. The maximum atomic E-state index is 6.33. The zero-order valence-corrected chi connectivity index (χ0v) is 10.6. The van der Waals surface area contributed by atoms with E-state index in [1.807, 2.05) is 6.07 Å². The molecule has 2 N–H and O–H groups in total. The first-order chi connectivity index (χ1) is 8.22. The summed E-state index contributed by atoms with van der Waals surface area (Å²) in [6.45, 7) is 3.74. The Morgan fingerprint density at radius 3 is 2.65 bits per heavy atom. The van der Waals surface area contributed by atoms with Gasteiger partial charge in [0.1, 0.15) is 5.75 Å². The van der Waals surface area contributed by atoms with Gasteiger partial charge in [0.25, 0.3) is 0 Å². The highest BCUT2D eigenvalue weighted by Gasteiger charge is 2.22. The molecule has 1 heterocycles. The first-order valence-electron chi connectivity index (χ1n) is 6.20. The molecule has 1 saturated heterocycles. The van der Waals surface area contributed by atoms with Gasteiger partial charge in [-0.3, -0.25) is 0 Å². The molecule has 0 saturated carbocycles. The van der Waals surface area contributed by atoms with Crippen LogP contribution in [0.5, 0.6) is 5.75 Å². The molecule has 3 heteroatoms. The molecule has 0 bridgehead atoms. The maximum absolute atomic E-state index is 6.33. The molecule has 0 radical (unpaired) electrons. The normalized spacial score (nSPS) is 19.0. The van der Waals surface area contributed by atoms with Crippen LogP contribution in [0.3, 0.4) is 0 Å². The van der Waals surface area contributed by atoms with Gasteiger partial charge in [-0.2, -0.15) is 0 Å². The smallest absolute Gasteiger partial charge is 0.121 e. The van der Waals surface area contributed by atoms with Crippen molar-refractivity contribution in [1.29, 1.82) is 0 Å². The predicted octanol–water partition coefficient (Wildman–Crippen LogP) is 2.43. The fraction of sp³-hybridized carbons (Fsp3) is 0.571. The molecular weight excluding hydrogens is 214 g/mol. The van der Waals surface area contributed by atoms with E-state index in [4.69, 9.17) is 15.2 Å². The minimum Gasteiger partial charge on any atom is -0.496 e. The summed E-state index contributed by atoms with van der Waals surface area (Å²) in [5.41, 5.74) is 8.68. The standard InChI is InChI=1S/C14H21NO2/c1-10-9-12(3-4-13(10)16-2)14(15)11-5-7-17-8-6-11/h3-4,9,11,14H,5-8,15H2,1-2H3. The van der Waals surface area contributed by atoms with Gasteiger partial charge in [-0.25, -0.2) is 0 Å². The zero-order chi connectivity index (χ0) is 12.3. The average molecular weight is 235 g/mol. The Hall–Kier alpha value is -1.06. The lowest BCUT2D eigenvalue weighted by Gasteiger charge is -2.28. The van der Waals surface area contributed by atoms with Gasteiger partial charge in [0.15, 0.2) is 0 Å². The van der Waals surface area contributed by atoms with Gasteiger partial charge in [-0.05, 0) is 42.9 Å². The third-order valence-corrected chi connectivity index (χ3v) is 3.58. The van der Waals surface area contributed by atoms with Crippen molar-refractivity contribution < 1.29 is 9.47 Å². The number of aryl methyl sites for hydroxylation is 1. The average Bonchev–Trinajstić information content (AvgIpc) is 2.39. The number of benzene rings is 1. The molecule has 0 aliphatic carbocycles. The van der Waals surface area contributed by atoms with Crippen LogP contribution in [0.4, 0.5) is 0 Å². The lowest BCUT2D eigenvalue weighted by atomic mass is 9.87. The van der Waals surface area contributed by atoms with Gasteiger partial charge in [-0.1, -0.05) is 12.1 Å².